The van der Waals surface area contributed by atoms with Crippen molar-refractivity contribution in [1.29, 1.82) is 0 Å². The number of hydrogen-bond donors (Lipinski definition) is 1. The second kappa shape index (κ2) is 10.1. The summed E-state index contributed by atoms with van der Waals surface area (Å²) >= 11 is 0. The maximum Gasteiger partial charge on any atom is 0.408 e. The lowest BCUT2D eigenvalue weighted by molar-refractivity contribution is -0.136. The van der Waals surface area contributed by atoms with Gasteiger partial charge in [-0.05, 0) is 60.6 Å². The van der Waals surface area contributed by atoms with Crippen LogP contribution in [0.25, 0.3) is 11.0 Å². The second-order valence-corrected chi connectivity index (χ2v) is 8.81. The van der Waals surface area contributed by atoms with E-state index in [9.17, 15) is 14.4 Å². The van der Waals surface area contributed by atoms with Crippen LogP contribution >= 0.6 is 0 Å². The summed E-state index contributed by atoms with van der Waals surface area (Å²) in [6.45, 7) is 1.90. The van der Waals surface area contributed by atoms with Crippen LogP contribution in [0, 0.1) is 6.92 Å². The standard InChI is InChI=1S/C29H25NO6/c1-18-15-23-25(21-13-8-14-22(21)27(31)35-23)24(16-18)36-28(32)26(20-11-6-3-7-12-20)30-29(33)34-17-19-9-4-2-5-10-19/h2-7,9-12,15-16,26H,8,13-14,17H2,1H3,(H,30,33). The van der Waals surface area contributed by atoms with E-state index < -0.39 is 18.1 Å². The molecule has 0 saturated heterocycles. The zero-order chi connectivity index (χ0) is 25.1. The Morgan fingerprint density at radius 2 is 1.67 bits per heavy atom. The number of esters is 1. The molecule has 7 nitrogen and oxygen atoms in total. The first-order valence-electron chi connectivity index (χ1n) is 11.8. The molecule has 36 heavy (non-hydrogen) atoms. The predicted octanol–water partition coefficient (Wildman–Crippen LogP) is 5.16. The van der Waals surface area contributed by atoms with Gasteiger partial charge in [-0.15, -0.1) is 0 Å². The number of carbonyl (C=O) groups is 2. The van der Waals surface area contributed by atoms with Gasteiger partial charge in [-0.1, -0.05) is 60.7 Å². The van der Waals surface area contributed by atoms with Crippen molar-refractivity contribution in [2.75, 3.05) is 0 Å². The summed E-state index contributed by atoms with van der Waals surface area (Å²) in [5, 5.41) is 3.26. The van der Waals surface area contributed by atoms with Crippen LogP contribution in [0.15, 0.2) is 82.0 Å². The van der Waals surface area contributed by atoms with Gasteiger partial charge in [-0.25, -0.2) is 14.4 Å². The highest BCUT2D eigenvalue weighted by Crippen LogP contribution is 2.35. The minimum absolute atomic E-state index is 0.0664. The van der Waals surface area contributed by atoms with E-state index in [1.807, 2.05) is 43.3 Å². The zero-order valence-electron chi connectivity index (χ0n) is 19.8. The Hall–Kier alpha value is -4.39. The summed E-state index contributed by atoms with van der Waals surface area (Å²) in [6.07, 6.45) is 1.43. The molecule has 5 rings (SSSR count). The van der Waals surface area contributed by atoms with Gasteiger partial charge in [0.15, 0.2) is 6.04 Å². The molecule has 4 aromatic rings. The van der Waals surface area contributed by atoms with Crippen LogP contribution in [0.5, 0.6) is 5.75 Å². The van der Waals surface area contributed by atoms with Crippen LogP contribution in [-0.2, 0) is 29.0 Å². The first-order valence-corrected chi connectivity index (χ1v) is 11.8. The molecule has 1 unspecified atom stereocenters. The number of amides is 1. The highest BCUT2D eigenvalue weighted by atomic mass is 16.6. The van der Waals surface area contributed by atoms with Gasteiger partial charge in [-0.2, -0.15) is 0 Å². The molecule has 0 radical (unpaired) electrons. The first kappa shape index (κ1) is 23.4. The molecule has 1 atom stereocenters. The number of alkyl carbamates (subject to hydrolysis) is 1. The Kier molecular flexibility index (Phi) is 6.54. The number of hydrogen-bond acceptors (Lipinski definition) is 6. The van der Waals surface area contributed by atoms with Gasteiger partial charge in [0.1, 0.15) is 17.9 Å². The smallest absolute Gasteiger partial charge is 0.408 e. The van der Waals surface area contributed by atoms with Crippen LogP contribution in [-0.4, -0.2) is 12.1 Å². The highest BCUT2D eigenvalue weighted by molar-refractivity contribution is 5.92. The highest BCUT2D eigenvalue weighted by Gasteiger charge is 2.28. The number of nitrogens with one attached hydrogen (secondary N) is 1. The summed E-state index contributed by atoms with van der Waals surface area (Å²) in [4.78, 5) is 38.5. The molecule has 1 aromatic heterocycles. The topological polar surface area (TPSA) is 94.8 Å². The first-order chi connectivity index (χ1) is 17.5. The largest absolute Gasteiger partial charge is 0.445 e. The van der Waals surface area contributed by atoms with Crippen molar-refractivity contribution < 1.29 is 23.5 Å². The van der Waals surface area contributed by atoms with Crippen molar-refractivity contribution in [2.45, 2.75) is 38.8 Å². The van der Waals surface area contributed by atoms with Gasteiger partial charge in [0.25, 0.3) is 0 Å². The molecule has 1 aliphatic carbocycles. The Bertz CT molecular complexity index is 1480. The lowest BCUT2D eigenvalue weighted by atomic mass is 10.0. The molecule has 3 aromatic carbocycles. The average Bonchev–Trinajstić information content (AvgIpc) is 3.37. The third kappa shape index (κ3) is 4.86. The SMILES string of the molecule is Cc1cc(OC(=O)C(NC(=O)OCc2ccccc2)c2ccccc2)c2c3c(c(=O)oc2c1)CCC3. The van der Waals surface area contributed by atoms with E-state index in [-0.39, 0.29) is 12.2 Å². The third-order valence-corrected chi connectivity index (χ3v) is 6.23. The van der Waals surface area contributed by atoms with Crippen molar-refractivity contribution in [3.05, 3.63) is 111 Å². The van der Waals surface area contributed by atoms with Crippen molar-refractivity contribution in [3.63, 3.8) is 0 Å². The minimum Gasteiger partial charge on any atom is -0.445 e. The molecule has 1 aliphatic rings. The van der Waals surface area contributed by atoms with Crippen molar-refractivity contribution in [3.8, 4) is 5.75 Å². The lowest BCUT2D eigenvalue weighted by Crippen LogP contribution is -2.36. The third-order valence-electron chi connectivity index (χ3n) is 6.23. The fraction of sp³-hybridized carbons (Fsp3) is 0.207. The van der Waals surface area contributed by atoms with E-state index in [1.165, 1.54) is 0 Å². The fourth-order valence-electron chi connectivity index (χ4n) is 4.56. The van der Waals surface area contributed by atoms with Crippen LogP contribution < -0.4 is 15.7 Å². The van der Waals surface area contributed by atoms with Gasteiger partial charge in [0.2, 0.25) is 0 Å². The van der Waals surface area contributed by atoms with Gasteiger partial charge < -0.3 is 19.2 Å². The van der Waals surface area contributed by atoms with Crippen LogP contribution in [0.4, 0.5) is 4.79 Å². The summed E-state index contributed by atoms with van der Waals surface area (Å²) in [7, 11) is 0. The van der Waals surface area contributed by atoms with E-state index in [1.54, 1.807) is 36.4 Å². The van der Waals surface area contributed by atoms with Gasteiger partial charge in [-0.3, -0.25) is 0 Å². The van der Waals surface area contributed by atoms with Gasteiger partial charge in [0, 0.05) is 5.56 Å². The van der Waals surface area contributed by atoms with E-state index in [0.29, 0.717) is 40.7 Å². The quantitative estimate of drug-likeness (QED) is 0.231. The van der Waals surface area contributed by atoms with Crippen molar-refractivity contribution in [2.24, 2.45) is 0 Å². The molecule has 0 bridgehead atoms. The Labute approximate surface area is 207 Å². The van der Waals surface area contributed by atoms with E-state index >= 15 is 0 Å². The summed E-state index contributed by atoms with van der Waals surface area (Å²) in [5.74, 6) is -0.375. The lowest BCUT2D eigenvalue weighted by Gasteiger charge is -2.19. The number of carbonyl (C=O) groups excluding carboxylic acids is 2. The number of rotatable bonds is 6. The maximum atomic E-state index is 13.5. The van der Waals surface area contributed by atoms with E-state index in [2.05, 4.69) is 5.32 Å². The van der Waals surface area contributed by atoms with E-state index in [4.69, 9.17) is 13.9 Å². The van der Waals surface area contributed by atoms with Crippen molar-refractivity contribution >= 4 is 23.0 Å². The molecule has 1 amide bonds. The minimum atomic E-state index is -1.10. The maximum absolute atomic E-state index is 13.5. The number of fused-ring (bicyclic) bond motifs is 3. The summed E-state index contributed by atoms with van der Waals surface area (Å²) in [5.41, 5.74) is 3.68. The average molecular weight is 484 g/mol. The Morgan fingerprint density at radius 3 is 2.42 bits per heavy atom. The fourth-order valence-corrected chi connectivity index (χ4v) is 4.56. The molecule has 0 saturated carbocycles. The molecule has 0 aliphatic heterocycles. The Balaban J connectivity index is 1.43. The number of benzene rings is 3. The zero-order valence-corrected chi connectivity index (χ0v) is 19.8. The van der Waals surface area contributed by atoms with Crippen LogP contribution in [0.3, 0.4) is 0 Å². The number of ether oxygens (including phenoxy) is 2. The predicted molar refractivity (Wildman–Crippen MR) is 134 cm³/mol. The van der Waals surface area contributed by atoms with Gasteiger partial charge >= 0.3 is 17.7 Å². The molecule has 7 heteroatoms. The number of aryl methyl sites for hydroxylation is 2. The molecule has 0 spiro atoms. The van der Waals surface area contributed by atoms with Gasteiger partial charge in [0.05, 0.1) is 5.39 Å². The molecular formula is C29H25NO6. The summed E-state index contributed by atoms with van der Waals surface area (Å²) < 4.78 is 16.8. The molecule has 0 fully saturated rings. The molecule has 182 valence electrons. The van der Waals surface area contributed by atoms with E-state index in [0.717, 1.165) is 23.1 Å². The Morgan fingerprint density at radius 1 is 0.972 bits per heavy atom. The monoisotopic (exact) mass is 483 g/mol. The second-order valence-electron chi connectivity index (χ2n) is 8.81. The normalized spacial score (nSPS) is 13.1. The van der Waals surface area contributed by atoms with Crippen LogP contribution in [0.1, 0.15) is 40.3 Å². The molecule has 1 N–H and O–H groups in total. The van der Waals surface area contributed by atoms with Crippen molar-refractivity contribution in [1.82, 2.24) is 5.32 Å². The van der Waals surface area contributed by atoms with Crippen LogP contribution in [0.2, 0.25) is 0 Å². The molecule has 1 heterocycles. The summed E-state index contributed by atoms with van der Waals surface area (Å²) in [6, 6.07) is 20.5. The molecular weight excluding hydrogens is 458 g/mol.